The van der Waals surface area contributed by atoms with Gasteiger partial charge in [0.25, 0.3) is 0 Å². The molecule has 5 nitrogen and oxygen atoms in total. The number of carbonyl (C=O) groups excluding carboxylic acids is 2. The summed E-state index contributed by atoms with van der Waals surface area (Å²) < 4.78 is 5.31. The number of amides is 3. The Bertz CT molecular complexity index is 272. The molecule has 2 saturated heterocycles. The van der Waals surface area contributed by atoms with Crippen molar-refractivity contribution in [3.63, 3.8) is 0 Å². The molecule has 0 radical (unpaired) electrons. The minimum absolute atomic E-state index is 0.116. The fraction of sp³-hybridized carbons (Fsp3) is 0.778. The van der Waals surface area contributed by atoms with Crippen molar-refractivity contribution in [3.05, 3.63) is 0 Å². The van der Waals surface area contributed by atoms with Gasteiger partial charge in [-0.05, 0) is 0 Å². The lowest BCUT2D eigenvalue weighted by atomic mass is 9.87. The molecule has 0 bridgehead atoms. The van der Waals surface area contributed by atoms with Gasteiger partial charge in [0.1, 0.15) is 0 Å². The molecular formula is C9H14N2O3. The molecule has 5 heteroatoms. The van der Waals surface area contributed by atoms with E-state index < -0.39 is 0 Å². The second-order valence-electron chi connectivity index (χ2n) is 4.44. The normalized spacial score (nSPS) is 31.0. The summed E-state index contributed by atoms with van der Waals surface area (Å²) in [6.07, 6.45) is 0. The van der Waals surface area contributed by atoms with E-state index in [2.05, 4.69) is 5.32 Å². The fourth-order valence-electron chi connectivity index (χ4n) is 1.93. The average Bonchev–Trinajstić information content (AvgIpc) is 2.57. The van der Waals surface area contributed by atoms with Crippen LogP contribution in [0.4, 0.5) is 4.79 Å². The van der Waals surface area contributed by atoms with Crippen LogP contribution in [0.5, 0.6) is 0 Å². The summed E-state index contributed by atoms with van der Waals surface area (Å²) in [5.41, 5.74) is -0.142. The zero-order valence-corrected chi connectivity index (χ0v) is 8.37. The van der Waals surface area contributed by atoms with Crippen molar-refractivity contribution >= 4 is 11.9 Å². The third-order valence-electron chi connectivity index (χ3n) is 2.84. The third kappa shape index (κ3) is 1.28. The first-order valence-corrected chi connectivity index (χ1v) is 4.70. The minimum Gasteiger partial charge on any atom is -0.379 e. The van der Waals surface area contributed by atoms with Gasteiger partial charge in [0, 0.05) is 5.41 Å². The molecule has 0 aromatic rings. The van der Waals surface area contributed by atoms with Gasteiger partial charge in [-0.1, -0.05) is 13.8 Å². The van der Waals surface area contributed by atoms with Crippen LogP contribution in [-0.2, 0) is 9.53 Å². The summed E-state index contributed by atoms with van der Waals surface area (Å²) in [5, 5.41) is 2.52. The Hall–Kier alpha value is -1.10. The molecule has 1 unspecified atom stereocenters. The van der Waals surface area contributed by atoms with Crippen LogP contribution in [0, 0.1) is 5.41 Å². The first-order chi connectivity index (χ1) is 6.52. The van der Waals surface area contributed by atoms with Crippen molar-refractivity contribution in [3.8, 4) is 0 Å². The molecule has 2 aliphatic heterocycles. The van der Waals surface area contributed by atoms with Crippen LogP contribution in [0.25, 0.3) is 0 Å². The van der Waals surface area contributed by atoms with Crippen LogP contribution >= 0.6 is 0 Å². The van der Waals surface area contributed by atoms with Crippen LogP contribution in [0.2, 0.25) is 0 Å². The Morgan fingerprint density at radius 2 is 2.21 bits per heavy atom. The number of rotatable bonds is 1. The Morgan fingerprint density at radius 1 is 1.50 bits per heavy atom. The standard InChI is InChI=1S/C9H14N2O3/c1-9(2)5-14-4-6(9)11-7(12)3-10-8(11)13/h6H,3-5H2,1-2H3,(H,10,13). The monoisotopic (exact) mass is 198 g/mol. The Labute approximate surface area is 82.4 Å². The number of ether oxygens (including phenoxy) is 1. The molecule has 2 aliphatic rings. The summed E-state index contributed by atoms with van der Waals surface area (Å²) in [7, 11) is 0. The quantitative estimate of drug-likeness (QED) is 0.601. The van der Waals surface area contributed by atoms with Gasteiger partial charge < -0.3 is 10.1 Å². The molecule has 2 rings (SSSR count). The van der Waals surface area contributed by atoms with Crippen molar-refractivity contribution in [2.75, 3.05) is 19.8 Å². The molecule has 0 aromatic carbocycles. The molecule has 78 valence electrons. The maximum atomic E-state index is 11.4. The zero-order chi connectivity index (χ0) is 10.3. The smallest absolute Gasteiger partial charge is 0.324 e. The third-order valence-corrected chi connectivity index (χ3v) is 2.84. The number of hydrogen-bond donors (Lipinski definition) is 1. The van der Waals surface area contributed by atoms with Crippen molar-refractivity contribution in [2.45, 2.75) is 19.9 Å². The predicted octanol–water partition coefficient (Wildman–Crippen LogP) is -0.0368. The van der Waals surface area contributed by atoms with E-state index in [4.69, 9.17) is 4.74 Å². The second-order valence-corrected chi connectivity index (χ2v) is 4.44. The second kappa shape index (κ2) is 2.95. The van der Waals surface area contributed by atoms with Crippen molar-refractivity contribution < 1.29 is 14.3 Å². The molecule has 0 aromatic heterocycles. The Morgan fingerprint density at radius 3 is 2.64 bits per heavy atom. The van der Waals surface area contributed by atoms with Crippen LogP contribution in [0.1, 0.15) is 13.8 Å². The lowest BCUT2D eigenvalue weighted by Gasteiger charge is -2.30. The van der Waals surface area contributed by atoms with E-state index in [1.54, 1.807) is 0 Å². The number of imide groups is 1. The number of nitrogens with one attached hydrogen (secondary N) is 1. The van der Waals surface area contributed by atoms with Crippen molar-refractivity contribution in [1.29, 1.82) is 0 Å². The van der Waals surface area contributed by atoms with Crippen LogP contribution in [0.15, 0.2) is 0 Å². The average molecular weight is 198 g/mol. The molecule has 2 fully saturated rings. The highest BCUT2D eigenvalue weighted by molar-refractivity contribution is 6.02. The van der Waals surface area contributed by atoms with E-state index in [-0.39, 0.29) is 29.9 Å². The maximum absolute atomic E-state index is 11.4. The molecular weight excluding hydrogens is 184 g/mol. The van der Waals surface area contributed by atoms with E-state index >= 15 is 0 Å². The molecule has 1 atom stereocenters. The number of hydrogen-bond acceptors (Lipinski definition) is 3. The van der Waals surface area contributed by atoms with Gasteiger partial charge in [-0.15, -0.1) is 0 Å². The first-order valence-electron chi connectivity index (χ1n) is 4.70. The molecule has 0 saturated carbocycles. The van der Waals surface area contributed by atoms with Crippen LogP contribution in [-0.4, -0.2) is 42.6 Å². The highest BCUT2D eigenvalue weighted by Gasteiger charge is 2.46. The first kappa shape index (κ1) is 9.45. The van der Waals surface area contributed by atoms with Gasteiger partial charge in [0.05, 0.1) is 25.8 Å². The Balaban J connectivity index is 2.22. The van der Waals surface area contributed by atoms with E-state index in [0.717, 1.165) is 0 Å². The summed E-state index contributed by atoms with van der Waals surface area (Å²) in [4.78, 5) is 24.1. The van der Waals surface area contributed by atoms with E-state index in [0.29, 0.717) is 13.2 Å². The largest absolute Gasteiger partial charge is 0.379 e. The van der Waals surface area contributed by atoms with Crippen LogP contribution < -0.4 is 5.32 Å². The van der Waals surface area contributed by atoms with Gasteiger partial charge in [0.15, 0.2) is 0 Å². The molecule has 1 N–H and O–H groups in total. The molecule has 0 aliphatic carbocycles. The Kier molecular flexibility index (Phi) is 1.99. The van der Waals surface area contributed by atoms with Gasteiger partial charge >= 0.3 is 6.03 Å². The lowest BCUT2D eigenvalue weighted by Crippen LogP contribution is -2.48. The van der Waals surface area contributed by atoms with Crippen molar-refractivity contribution in [1.82, 2.24) is 10.2 Å². The van der Waals surface area contributed by atoms with Gasteiger partial charge in [-0.2, -0.15) is 0 Å². The SMILES string of the molecule is CC1(C)COCC1N1C(=O)CNC1=O. The van der Waals surface area contributed by atoms with Gasteiger partial charge in [-0.3, -0.25) is 9.69 Å². The fourth-order valence-corrected chi connectivity index (χ4v) is 1.93. The van der Waals surface area contributed by atoms with Gasteiger partial charge in [-0.25, -0.2) is 4.79 Å². The summed E-state index contributed by atoms with van der Waals surface area (Å²) in [6, 6.07) is -0.420. The maximum Gasteiger partial charge on any atom is 0.324 e. The summed E-state index contributed by atoms with van der Waals surface area (Å²) in [5.74, 6) is -0.154. The molecule has 3 amide bonds. The number of nitrogens with zero attached hydrogens (tertiary/aromatic N) is 1. The van der Waals surface area contributed by atoms with Crippen LogP contribution in [0.3, 0.4) is 0 Å². The van der Waals surface area contributed by atoms with E-state index in [9.17, 15) is 9.59 Å². The predicted molar refractivity (Wildman–Crippen MR) is 48.6 cm³/mol. The molecule has 2 heterocycles. The van der Waals surface area contributed by atoms with Gasteiger partial charge in [0.2, 0.25) is 5.91 Å². The lowest BCUT2D eigenvalue weighted by molar-refractivity contribution is -0.127. The zero-order valence-electron chi connectivity index (χ0n) is 8.37. The topological polar surface area (TPSA) is 58.6 Å². The molecule has 14 heavy (non-hydrogen) atoms. The molecule has 0 spiro atoms. The number of urea groups is 1. The van der Waals surface area contributed by atoms with E-state index in [1.807, 2.05) is 13.8 Å². The minimum atomic E-state index is -0.293. The highest BCUT2D eigenvalue weighted by atomic mass is 16.5. The highest BCUT2D eigenvalue weighted by Crippen LogP contribution is 2.32. The summed E-state index contributed by atoms with van der Waals surface area (Å²) in [6.45, 7) is 5.17. The number of carbonyl (C=O) groups is 2. The summed E-state index contributed by atoms with van der Waals surface area (Å²) >= 11 is 0. The van der Waals surface area contributed by atoms with E-state index in [1.165, 1.54) is 4.90 Å². The van der Waals surface area contributed by atoms with Crippen molar-refractivity contribution in [2.24, 2.45) is 5.41 Å².